The number of phenolic OH excluding ortho intramolecular Hbond substituents is 9. The molecule has 1 aromatic heterocycles. The Kier molecular flexibility index (Phi) is 7.09. The molecular formula is C50H30O10. The highest BCUT2D eigenvalue weighted by molar-refractivity contribution is 6.29. The van der Waals surface area contributed by atoms with Gasteiger partial charge in [-0.2, -0.15) is 0 Å². The molecule has 1 heterocycles. The number of furan rings is 1. The number of rotatable bonds is 3. The molecule has 9 N–H and O–H groups in total. The molecule has 0 fully saturated rings. The maximum absolute atomic E-state index is 11.9. The van der Waals surface area contributed by atoms with Gasteiger partial charge in [0.15, 0.2) is 39.9 Å². The molecule has 10 aromatic carbocycles. The lowest BCUT2D eigenvalue weighted by Gasteiger charge is -2.20. The predicted octanol–water partition coefficient (Wildman–Crippen LogP) is 11.7. The van der Waals surface area contributed by atoms with Crippen LogP contribution in [0.3, 0.4) is 0 Å². The van der Waals surface area contributed by atoms with E-state index in [1.165, 1.54) is 0 Å². The molecule has 0 aliphatic heterocycles. The van der Waals surface area contributed by atoms with Gasteiger partial charge in [-0.25, -0.2) is 0 Å². The van der Waals surface area contributed by atoms with E-state index in [9.17, 15) is 46.0 Å². The third-order valence-electron chi connectivity index (χ3n) is 11.8. The molecule has 10 nitrogen and oxygen atoms in total. The van der Waals surface area contributed by atoms with Crippen molar-refractivity contribution >= 4 is 75.8 Å². The van der Waals surface area contributed by atoms with Crippen LogP contribution in [0.15, 0.2) is 132 Å². The summed E-state index contributed by atoms with van der Waals surface area (Å²) in [6.07, 6.45) is 0. The van der Waals surface area contributed by atoms with Crippen LogP contribution in [-0.2, 0) is 0 Å². The highest BCUT2D eigenvalue weighted by Gasteiger charge is 2.33. The van der Waals surface area contributed by atoms with Gasteiger partial charge in [-0.15, -0.1) is 0 Å². The Hall–Kier alpha value is -8.50. The first-order valence-corrected chi connectivity index (χ1v) is 18.9. The van der Waals surface area contributed by atoms with Crippen LogP contribution in [0.1, 0.15) is 0 Å². The maximum atomic E-state index is 11.9. The fourth-order valence-electron chi connectivity index (χ4n) is 9.10. The second kappa shape index (κ2) is 12.3. The van der Waals surface area contributed by atoms with Crippen LogP contribution in [0.4, 0.5) is 0 Å². The van der Waals surface area contributed by atoms with Crippen LogP contribution >= 0.6 is 0 Å². The summed E-state index contributed by atoms with van der Waals surface area (Å²) in [6.45, 7) is 0. The minimum Gasteiger partial charge on any atom is -0.504 e. The van der Waals surface area contributed by atoms with E-state index in [4.69, 9.17) is 4.42 Å². The molecule has 0 saturated heterocycles. The molecule has 11 aromatic rings. The topological polar surface area (TPSA) is 195 Å². The summed E-state index contributed by atoms with van der Waals surface area (Å²) in [7, 11) is 0. The van der Waals surface area contributed by atoms with Crippen molar-refractivity contribution in [1.82, 2.24) is 0 Å². The summed E-state index contributed by atoms with van der Waals surface area (Å²) >= 11 is 0. The van der Waals surface area contributed by atoms with Crippen molar-refractivity contribution in [3.63, 3.8) is 0 Å². The van der Waals surface area contributed by atoms with Gasteiger partial charge in [-0.3, -0.25) is 0 Å². The average Bonchev–Trinajstić information content (AvgIpc) is 3.67. The Bertz CT molecular complexity index is 3660. The Morgan fingerprint density at radius 3 is 1.37 bits per heavy atom. The second-order valence-electron chi connectivity index (χ2n) is 14.9. The molecule has 0 aliphatic rings. The number of benzene rings is 10. The minimum absolute atomic E-state index is 0.112. The van der Waals surface area contributed by atoms with Gasteiger partial charge >= 0.3 is 0 Å². The van der Waals surface area contributed by atoms with Crippen molar-refractivity contribution in [1.29, 1.82) is 0 Å². The molecule has 0 atom stereocenters. The molecule has 11 rings (SSSR count). The smallest absolute Gasteiger partial charge is 0.205 e. The number of aromatic hydroxyl groups is 9. The van der Waals surface area contributed by atoms with Gasteiger partial charge < -0.3 is 50.4 Å². The highest BCUT2D eigenvalue weighted by atomic mass is 16.4. The third kappa shape index (κ3) is 4.52. The summed E-state index contributed by atoms with van der Waals surface area (Å²) in [6, 6.07) is 42.1. The van der Waals surface area contributed by atoms with Gasteiger partial charge in [0.05, 0.1) is 16.2 Å². The van der Waals surface area contributed by atoms with Crippen LogP contribution in [-0.4, -0.2) is 46.0 Å². The minimum atomic E-state index is -1.17. The molecule has 0 unspecified atom stereocenters. The average molecular weight is 791 g/mol. The Labute approximate surface area is 337 Å². The zero-order valence-electron chi connectivity index (χ0n) is 31.1. The zero-order valence-corrected chi connectivity index (χ0v) is 31.1. The van der Waals surface area contributed by atoms with E-state index in [1.54, 1.807) is 6.07 Å². The van der Waals surface area contributed by atoms with E-state index >= 15 is 0 Å². The summed E-state index contributed by atoms with van der Waals surface area (Å²) in [4.78, 5) is 0. The van der Waals surface area contributed by atoms with Crippen LogP contribution in [0.5, 0.6) is 51.7 Å². The molecule has 10 heteroatoms. The number of fused-ring (bicyclic) bond motifs is 9. The standard InChI is InChI=1S/C50H30O10/c51-40-35(36-38-43(54)41(52)37-39(44(55)46(57)45(56)42(37)53)49(38)60-50(36)48(59)47(40)58)32-21-26(20-24-11-3-4-12-27(24)32)34-30-15-7-5-13-28(30)33(29-14-6-8-16-31(29)34)25-18-17-22-9-1-2-10-23(22)19-25/h1-21,51-59H. The molecule has 0 bridgehead atoms. The van der Waals surface area contributed by atoms with Gasteiger partial charge in [0.1, 0.15) is 0 Å². The molecule has 0 spiro atoms. The van der Waals surface area contributed by atoms with Gasteiger partial charge in [0.2, 0.25) is 23.0 Å². The van der Waals surface area contributed by atoms with Crippen molar-refractivity contribution in [3.05, 3.63) is 127 Å². The molecule has 290 valence electrons. The lowest BCUT2D eigenvalue weighted by molar-refractivity contribution is 0.349. The molecular weight excluding hydrogens is 761 g/mol. The van der Waals surface area contributed by atoms with E-state index in [1.807, 2.05) is 66.7 Å². The molecule has 0 aliphatic carbocycles. The van der Waals surface area contributed by atoms with Crippen molar-refractivity contribution in [2.45, 2.75) is 0 Å². The fraction of sp³-hybridized carbons (Fsp3) is 0. The van der Waals surface area contributed by atoms with Crippen LogP contribution in [0, 0.1) is 0 Å². The molecule has 60 heavy (non-hydrogen) atoms. The summed E-state index contributed by atoms with van der Waals surface area (Å²) in [5, 5.41) is 106. The van der Waals surface area contributed by atoms with Gasteiger partial charge in [-0.1, -0.05) is 109 Å². The number of phenols is 9. The maximum Gasteiger partial charge on any atom is 0.205 e. The third-order valence-corrected chi connectivity index (χ3v) is 11.8. The van der Waals surface area contributed by atoms with E-state index in [-0.39, 0.29) is 16.3 Å². The first-order valence-electron chi connectivity index (χ1n) is 18.9. The van der Waals surface area contributed by atoms with Crippen molar-refractivity contribution < 1.29 is 50.4 Å². The van der Waals surface area contributed by atoms with Crippen molar-refractivity contribution in [3.8, 4) is 85.1 Å². The largest absolute Gasteiger partial charge is 0.504 e. The Morgan fingerprint density at radius 2 is 0.733 bits per heavy atom. The molecule has 0 saturated carbocycles. The predicted molar refractivity (Wildman–Crippen MR) is 233 cm³/mol. The second-order valence-corrected chi connectivity index (χ2v) is 14.9. The van der Waals surface area contributed by atoms with Crippen LogP contribution in [0.25, 0.3) is 109 Å². The summed E-state index contributed by atoms with van der Waals surface area (Å²) < 4.78 is 6.03. The first-order chi connectivity index (χ1) is 29.0. The van der Waals surface area contributed by atoms with Gasteiger partial charge in [0.25, 0.3) is 0 Å². The van der Waals surface area contributed by atoms with Crippen LogP contribution < -0.4 is 0 Å². The Balaban J connectivity index is 1.28. The monoisotopic (exact) mass is 790 g/mol. The van der Waals surface area contributed by atoms with Crippen LogP contribution in [0.2, 0.25) is 0 Å². The summed E-state index contributed by atoms with van der Waals surface area (Å²) in [5.41, 5.74) is 2.99. The normalized spacial score (nSPS) is 11.9. The lowest BCUT2D eigenvalue weighted by atomic mass is 9.83. The van der Waals surface area contributed by atoms with Crippen molar-refractivity contribution in [2.75, 3.05) is 0 Å². The van der Waals surface area contributed by atoms with Crippen molar-refractivity contribution in [2.24, 2.45) is 0 Å². The Morgan fingerprint density at radius 1 is 0.283 bits per heavy atom. The van der Waals surface area contributed by atoms with E-state index in [0.717, 1.165) is 60.0 Å². The highest BCUT2D eigenvalue weighted by Crippen LogP contribution is 2.61. The quantitative estimate of drug-likeness (QED) is 0.0472. The summed E-state index contributed by atoms with van der Waals surface area (Å²) in [5.74, 6) is -9.00. The molecule has 0 radical (unpaired) electrons. The first kappa shape index (κ1) is 34.7. The fourth-order valence-corrected chi connectivity index (χ4v) is 9.10. The van der Waals surface area contributed by atoms with E-state index < -0.39 is 73.7 Å². The number of hydrogen-bond donors (Lipinski definition) is 9. The lowest BCUT2D eigenvalue weighted by Crippen LogP contribution is -1.93. The molecule has 0 amide bonds. The van der Waals surface area contributed by atoms with Gasteiger partial charge in [0, 0.05) is 10.9 Å². The zero-order chi connectivity index (χ0) is 41.3. The van der Waals surface area contributed by atoms with E-state index in [0.29, 0.717) is 10.9 Å². The van der Waals surface area contributed by atoms with Gasteiger partial charge in [-0.05, 0) is 89.1 Å². The van der Waals surface area contributed by atoms with E-state index in [2.05, 4.69) is 54.6 Å². The number of hydrogen-bond acceptors (Lipinski definition) is 10. The SMILES string of the molecule is Oc1c(O)c(-c2cc(-c3c4ccccc4c(-c4ccc5ccccc5c4)c4ccccc34)cc3ccccc23)c2c(oc3c4c(O)c(O)c(O)c(O)c4c(O)c(O)c32)c1O.